The summed E-state index contributed by atoms with van der Waals surface area (Å²) in [7, 11) is 0. The Bertz CT molecular complexity index is 481. The van der Waals surface area contributed by atoms with Gasteiger partial charge in [0.25, 0.3) is 0 Å². The topological polar surface area (TPSA) is 52.6 Å². The van der Waals surface area contributed by atoms with Gasteiger partial charge in [0.15, 0.2) is 0 Å². The molecule has 0 bridgehead atoms. The van der Waals surface area contributed by atoms with Gasteiger partial charge in [0.05, 0.1) is 12.6 Å². The first-order chi connectivity index (χ1) is 9.99. The fourth-order valence-electron chi connectivity index (χ4n) is 3.18. The van der Waals surface area contributed by atoms with Gasteiger partial charge in [0, 0.05) is 12.6 Å². The summed E-state index contributed by atoms with van der Waals surface area (Å²) < 4.78 is 0. The van der Waals surface area contributed by atoms with E-state index >= 15 is 0 Å². The number of benzene rings is 1. The lowest BCUT2D eigenvalue weighted by Gasteiger charge is -2.25. The molecular weight excluding hydrogens is 264 g/mol. The molecule has 2 unspecified atom stereocenters. The summed E-state index contributed by atoms with van der Waals surface area (Å²) in [4.78, 5) is 14.0. The largest absolute Gasteiger partial charge is 0.394 e. The first-order valence-electron chi connectivity index (χ1n) is 7.74. The summed E-state index contributed by atoms with van der Waals surface area (Å²) in [5.41, 5.74) is 3.76. The van der Waals surface area contributed by atoms with Crippen molar-refractivity contribution in [2.75, 3.05) is 13.2 Å². The van der Waals surface area contributed by atoms with Crippen LogP contribution in [0.2, 0.25) is 0 Å². The zero-order valence-electron chi connectivity index (χ0n) is 13.2. The van der Waals surface area contributed by atoms with Crippen molar-refractivity contribution in [2.24, 2.45) is 0 Å². The molecule has 0 saturated carbocycles. The number of aryl methyl sites for hydroxylation is 2. The standard InChI is InChI=1S/C17H26N2O2/c1-12-7-13(2)9-15(8-12)10-14(3)18-17(21)19-6-4-5-16(19)11-20/h7-9,14,16,20H,4-6,10-11H2,1-3H3,(H,18,21). The van der Waals surface area contributed by atoms with E-state index in [1.807, 2.05) is 6.92 Å². The predicted octanol–water partition coefficient (Wildman–Crippen LogP) is 2.40. The Morgan fingerprint density at radius 3 is 2.67 bits per heavy atom. The Labute approximate surface area is 127 Å². The number of nitrogens with one attached hydrogen (secondary N) is 1. The number of carbonyl (C=O) groups excluding carboxylic acids is 1. The van der Waals surface area contributed by atoms with Gasteiger partial charge in [-0.1, -0.05) is 29.3 Å². The van der Waals surface area contributed by atoms with Crippen molar-refractivity contribution in [2.45, 2.75) is 52.1 Å². The highest BCUT2D eigenvalue weighted by atomic mass is 16.3. The fourth-order valence-corrected chi connectivity index (χ4v) is 3.18. The minimum absolute atomic E-state index is 0.0154. The van der Waals surface area contributed by atoms with E-state index in [0.29, 0.717) is 0 Å². The molecule has 1 fully saturated rings. The lowest BCUT2D eigenvalue weighted by atomic mass is 10.0. The quantitative estimate of drug-likeness (QED) is 0.894. The summed E-state index contributed by atoms with van der Waals surface area (Å²) in [5, 5.41) is 12.3. The third kappa shape index (κ3) is 4.21. The molecule has 1 heterocycles. The highest BCUT2D eigenvalue weighted by molar-refractivity contribution is 5.75. The Hall–Kier alpha value is -1.55. The lowest BCUT2D eigenvalue weighted by molar-refractivity contribution is 0.155. The van der Waals surface area contributed by atoms with E-state index in [1.165, 1.54) is 16.7 Å². The summed E-state index contributed by atoms with van der Waals surface area (Å²) in [6.45, 7) is 7.01. The molecule has 2 N–H and O–H groups in total. The van der Waals surface area contributed by atoms with Crippen molar-refractivity contribution in [3.8, 4) is 0 Å². The molecule has 0 spiro atoms. The van der Waals surface area contributed by atoms with Crippen LogP contribution < -0.4 is 5.32 Å². The molecule has 2 atom stereocenters. The molecule has 4 heteroatoms. The van der Waals surface area contributed by atoms with Crippen LogP contribution in [0, 0.1) is 13.8 Å². The minimum Gasteiger partial charge on any atom is -0.394 e. The van der Waals surface area contributed by atoms with Crippen molar-refractivity contribution < 1.29 is 9.90 Å². The van der Waals surface area contributed by atoms with Crippen LogP contribution in [-0.2, 0) is 6.42 Å². The molecule has 2 amide bonds. The number of aliphatic hydroxyl groups excluding tert-OH is 1. The van der Waals surface area contributed by atoms with Crippen LogP contribution in [0.15, 0.2) is 18.2 Å². The van der Waals surface area contributed by atoms with Gasteiger partial charge in [0.2, 0.25) is 0 Å². The van der Waals surface area contributed by atoms with Crippen LogP contribution in [0.1, 0.15) is 36.5 Å². The number of aliphatic hydroxyl groups is 1. The van der Waals surface area contributed by atoms with Gasteiger partial charge in [-0.15, -0.1) is 0 Å². The summed E-state index contributed by atoms with van der Waals surface area (Å²) in [6.07, 6.45) is 2.70. The summed E-state index contributed by atoms with van der Waals surface area (Å²) in [6, 6.07) is 6.51. The summed E-state index contributed by atoms with van der Waals surface area (Å²) in [5.74, 6) is 0. The normalized spacial score (nSPS) is 19.6. The third-order valence-corrected chi connectivity index (χ3v) is 4.04. The predicted molar refractivity (Wildman–Crippen MR) is 84.4 cm³/mol. The molecule has 1 aromatic rings. The average Bonchev–Trinajstić information content (AvgIpc) is 2.85. The SMILES string of the molecule is Cc1cc(C)cc(CC(C)NC(=O)N2CCCC2CO)c1. The zero-order chi connectivity index (χ0) is 15.4. The van der Waals surface area contributed by atoms with Crippen molar-refractivity contribution in [3.05, 3.63) is 34.9 Å². The van der Waals surface area contributed by atoms with Gasteiger partial charge in [-0.05, 0) is 45.6 Å². The molecule has 1 aliphatic rings. The molecule has 0 aromatic heterocycles. The molecule has 1 aliphatic heterocycles. The van der Waals surface area contributed by atoms with Gasteiger partial charge in [0.1, 0.15) is 0 Å². The van der Waals surface area contributed by atoms with E-state index < -0.39 is 0 Å². The first-order valence-corrected chi connectivity index (χ1v) is 7.74. The van der Waals surface area contributed by atoms with Crippen LogP contribution in [0.5, 0.6) is 0 Å². The summed E-state index contributed by atoms with van der Waals surface area (Å²) >= 11 is 0. The highest BCUT2D eigenvalue weighted by Crippen LogP contribution is 2.17. The second-order valence-electron chi connectivity index (χ2n) is 6.22. The van der Waals surface area contributed by atoms with E-state index in [0.717, 1.165) is 25.8 Å². The third-order valence-electron chi connectivity index (χ3n) is 4.04. The maximum atomic E-state index is 12.3. The van der Waals surface area contributed by atoms with Crippen LogP contribution in [-0.4, -0.2) is 41.3 Å². The average molecular weight is 290 g/mol. The van der Waals surface area contributed by atoms with Gasteiger partial charge in [-0.2, -0.15) is 0 Å². The maximum absolute atomic E-state index is 12.3. The number of hydrogen-bond acceptors (Lipinski definition) is 2. The highest BCUT2D eigenvalue weighted by Gasteiger charge is 2.28. The monoisotopic (exact) mass is 290 g/mol. The van der Waals surface area contributed by atoms with Gasteiger partial charge in [-0.25, -0.2) is 4.79 Å². The number of likely N-dealkylation sites (tertiary alicyclic amines) is 1. The van der Waals surface area contributed by atoms with Gasteiger partial charge < -0.3 is 15.3 Å². The smallest absolute Gasteiger partial charge is 0.317 e. The Morgan fingerprint density at radius 1 is 1.38 bits per heavy atom. The molecule has 0 radical (unpaired) electrons. The first kappa shape index (κ1) is 15.8. The molecule has 21 heavy (non-hydrogen) atoms. The molecule has 2 rings (SSSR count). The number of amides is 2. The lowest BCUT2D eigenvalue weighted by Crippen LogP contribution is -2.47. The molecule has 116 valence electrons. The number of urea groups is 1. The fraction of sp³-hybridized carbons (Fsp3) is 0.588. The van der Waals surface area contributed by atoms with Crippen LogP contribution in [0.3, 0.4) is 0 Å². The zero-order valence-corrected chi connectivity index (χ0v) is 13.2. The van der Waals surface area contributed by atoms with E-state index in [1.54, 1.807) is 4.90 Å². The molecular formula is C17H26N2O2. The Kier molecular flexibility index (Phi) is 5.23. The van der Waals surface area contributed by atoms with E-state index in [4.69, 9.17) is 0 Å². The van der Waals surface area contributed by atoms with Crippen molar-refractivity contribution >= 4 is 6.03 Å². The van der Waals surface area contributed by atoms with Gasteiger partial charge >= 0.3 is 6.03 Å². The molecule has 1 aromatic carbocycles. The Balaban J connectivity index is 1.92. The molecule has 4 nitrogen and oxygen atoms in total. The van der Waals surface area contributed by atoms with Crippen molar-refractivity contribution in [1.82, 2.24) is 10.2 Å². The maximum Gasteiger partial charge on any atom is 0.317 e. The van der Waals surface area contributed by atoms with Crippen molar-refractivity contribution in [3.63, 3.8) is 0 Å². The minimum atomic E-state index is -0.0524. The number of rotatable bonds is 4. The second-order valence-corrected chi connectivity index (χ2v) is 6.22. The molecule has 1 saturated heterocycles. The van der Waals surface area contributed by atoms with Gasteiger partial charge in [-0.3, -0.25) is 0 Å². The van der Waals surface area contributed by atoms with Crippen LogP contribution in [0.4, 0.5) is 4.79 Å². The van der Waals surface area contributed by atoms with E-state index in [2.05, 4.69) is 37.4 Å². The second kappa shape index (κ2) is 6.94. The number of carbonyl (C=O) groups is 1. The van der Waals surface area contributed by atoms with Crippen LogP contribution in [0.25, 0.3) is 0 Å². The Morgan fingerprint density at radius 2 is 2.05 bits per heavy atom. The van der Waals surface area contributed by atoms with Crippen molar-refractivity contribution in [1.29, 1.82) is 0 Å². The number of hydrogen-bond donors (Lipinski definition) is 2. The van der Waals surface area contributed by atoms with E-state index in [-0.39, 0.29) is 24.7 Å². The number of nitrogens with zero attached hydrogens (tertiary/aromatic N) is 1. The van der Waals surface area contributed by atoms with E-state index in [9.17, 15) is 9.90 Å². The molecule has 0 aliphatic carbocycles. The van der Waals surface area contributed by atoms with Crippen LogP contribution >= 0.6 is 0 Å².